The van der Waals surface area contributed by atoms with E-state index in [0.29, 0.717) is 43.1 Å². The number of hydrogen-bond donors (Lipinski definition) is 1. The predicted molar refractivity (Wildman–Crippen MR) is 113 cm³/mol. The van der Waals surface area contributed by atoms with Gasteiger partial charge in [0, 0.05) is 24.7 Å². The van der Waals surface area contributed by atoms with Gasteiger partial charge in [-0.15, -0.1) is 0 Å². The molecule has 2 aromatic carbocycles. The first-order valence-corrected chi connectivity index (χ1v) is 11.5. The molecule has 0 unspecified atom stereocenters. The zero-order valence-electron chi connectivity index (χ0n) is 15.9. The molecule has 1 aliphatic rings. The summed E-state index contributed by atoms with van der Waals surface area (Å²) in [5, 5.41) is 0.483. The molecule has 0 bridgehead atoms. The van der Waals surface area contributed by atoms with Crippen molar-refractivity contribution in [1.29, 1.82) is 0 Å². The minimum absolute atomic E-state index is 0.0693. The Hall–Kier alpha value is -1.80. The molecule has 0 saturated carbocycles. The van der Waals surface area contributed by atoms with Crippen molar-refractivity contribution in [1.82, 2.24) is 9.62 Å². The standard InChI is InChI=1S/C20H22Cl2N2O4S/c1-2-28-16-5-3-14(4-6-16)20(25)24-11-9-15(10-12-24)23-29(26,27)17-7-8-18(21)19(22)13-17/h3-8,13,15,23H,2,9-12H2,1H3. The lowest BCUT2D eigenvalue weighted by Crippen LogP contribution is -2.46. The molecule has 1 saturated heterocycles. The maximum atomic E-state index is 12.7. The fourth-order valence-corrected chi connectivity index (χ4v) is 4.87. The molecule has 9 heteroatoms. The van der Waals surface area contributed by atoms with Crippen molar-refractivity contribution in [2.75, 3.05) is 19.7 Å². The molecule has 0 aromatic heterocycles. The number of ether oxygens (including phenoxy) is 1. The number of carbonyl (C=O) groups excluding carboxylic acids is 1. The van der Waals surface area contributed by atoms with E-state index in [-0.39, 0.29) is 21.9 Å². The Morgan fingerprint density at radius 3 is 2.34 bits per heavy atom. The Kier molecular flexibility index (Phi) is 7.05. The van der Waals surface area contributed by atoms with Crippen LogP contribution in [0.3, 0.4) is 0 Å². The Morgan fingerprint density at radius 2 is 1.76 bits per heavy atom. The second-order valence-electron chi connectivity index (χ2n) is 6.72. The van der Waals surface area contributed by atoms with Crippen LogP contribution in [0.1, 0.15) is 30.1 Å². The quantitative estimate of drug-likeness (QED) is 0.712. The van der Waals surface area contributed by atoms with Gasteiger partial charge in [0.2, 0.25) is 10.0 Å². The van der Waals surface area contributed by atoms with Gasteiger partial charge in [0.05, 0.1) is 21.5 Å². The molecular formula is C20H22Cl2N2O4S. The van der Waals surface area contributed by atoms with Gasteiger partial charge in [0.1, 0.15) is 5.75 Å². The van der Waals surface area contributed by atoms with Crippen molar-refractivity contribution < 1.29 is 17.9 Å². The van der Waals surface area contributed by atoms with Crippen molar-refractivity contribution in [3.8, 4) is 5.75 Å². The molecule has 3 rings (SSSR count). The zero-order chi connectivity index (χ0) is 21.0. The summed E-state index contributed by atoms with van der Waals surface area (Å²) >= 11 is 11.8. The minimum atomic E-state index is -3.71. The summed E-state index contributed by atoms with van der Waals surface area (Å²) in [6.45, 7) is 3.42. The van der Waals surface area contributed by atoms with Crippen LogP contribution >= 0.6 is 23.2 Å². The number of amides is 1. The minimum Gasteiger partial charge on any atom is -0.494 e. The third-order valence-corrected chi connectivity index (χ3v) is 6.97. The smallest absolute Gasteiger partial charge is 0.253 e. The zero-order valence-corrected chi connectivity index (χ0v) is 18.2. The summed E-state index contributed by atoms with van der Waals surface area (Å²) in [5.41, 5.74) is 0.586. The van der Waals surface area contributed by atoms with Gasteiger partial charge in [-0.1, -0.05) is 23.2 Å². The van der Waals surface area contributed by atoms with E-state index in [1.807, 2.05) is 6.92 Å². The average Bonchev–Trinajstić information content (AvgIpc) is 2.70. The number of nitrogens with zero attached hydrogens (tertiary/aromatic N) is 1. The first kappa shape index (κ1) is 21.9. The first-order valence-electron chi connectivity index (χ1n) is 9.29. The number of hydrogen-bond acceptors (Lipinski definition) is 4. The molecule has 0 aliphatic carbocycles. The van der Waals surface area contributed by atoms with Gasteiger partial charge < -0.3 is 9.64 Å². The predicted octanol–water partition coefficient (Wildman–Crippen LogP) is 3.98. The monoisotopic (exact) mass is 456 g/mol. The van der Waals surface area contributed by atoms with E-state index in [1.54, 1.807) is 29.2 Å². The van der Waals surface area contributed by atoms with Gasteiger partial charge >= 0.3 is 0 Å². The van der Waals surface area contributed by atoms with Crippen molar-refractivity contribution >= 4 is 39.1 Å². The summed E-state index contributed by atoms with van der Waals surface area (Å²) < 4.78 is 33.2. The molecule has 1 heterocycles. The molecule has 1 amide bonds. The van der Waals surface area contributed by atoms with Crippen LogP contribution in [-0.4, -0.2) is 45.0 Å². The number of sulfonamides is 1. The highest BCUT2D eigenvalue weighted by Gasteiger charge is 2.27. The van der Waals surface area contributed by atoms with Crippen LogP contribution in [0.5, 0.6) is 5.75 Å². The molecule has 0 radical (unpaired) electrons. The number of carbonyl (C=O) groups is 1. The Morgan fingerprint density at radius 1 is 1.10 bits per heavy atom. The second kappa shape index (κ2) is 9.34. The van der Waals surface area contributed by atoms with Crippen LogP contribution in [0.15, 0.2) is 47.4 Å². The van der Waals surface area contributed by atoms with E-state index < -0.39 is 10.0 Å². The van der Waals surface area contributed by atoms with Gasteiger partial charge in [-0.05, 0) is 62.2 Å². The maximum absolute atomic E-state index is 12.7. The lowest BCUT2D eigenvalue weighted by molar-refractivity contribution is 0.0711. The summed E-state index contributed by atoms with van der Waals surface area (Å²) in [5.74, 6) is 0.651. The second-order valence-corrected chi connectivity index (χ2v) is 9.25. The number of benzene rings is 2. The first-order chi connectivity index (χ1) is 13.8. The summed E-state index contributed by atoms with van der Waals surface area (Å²) in [6.07, 6.45) is 1.06. The van der Waals surface area contributed by atoms with Gasteiger partial charge in [-0.2, -0.15) is 0 Å². The number of likely N-dealkylation sites (tertiary alicyclic amines) is 1. The highest BCUT2D eigenvalue weighted by atomic mass is 35.5. The SMILES string of the molecule is CCOc1ccc(C(=O)N2CCC(NS(=O)(=O)c3ccc(Cl)c(Cl)c3)CC2)cc1. The summed E-state index contributed by atoms with van der Waals surface area (Å²) in [4.78, 5) is 14.5. The maximum Gasteiger partial charge on any atom is 0.253 e. The van der Waals surface area contributed by atoms with Crippen molar-refractivity contribution in [3.63, 3.8) is 0 Å². The van der Waals surface area contributed by atoms with E-state index >= 15 is 0 Å². The van der Waals surface area contributed by atoms with Gasteiger partial charge in [-0.3, -0.25) is 4.79 Å². The van der Waals surface area contributed by atoms with Crippen LogP contribution in [-0.2, 0) is 10.0 Å². The Bertz CT molecular complexity index is 972. The van der Waals surface area contributed by atoms with E-state index in [0.717, 1.165) is 5.75 Å². The molecule has 0 spiro atoms. The molecule has 0 atom stereocenters. The molecule has 1 aliphatic heterocycles. The fraction of sp³-hybridized carbons (Fsp3) is 0.350. The van der Waals surface area contributed by atoms with Gasteiger partial charge in [-0.25, -0.2) is 13.1 Å². The summed E-state index contributed by atoms with van der Waals surface area (Å²) in [7, 11) is -3.71. The number of rotatable bonds is 6. The van der Waals surface area contributed by atoms with Crippen LogP contribution in [0, 0.1) is 0 Å². The van der Waals surface area contributed by atoms with E-state index in [1.165, 1.54) is 18.2 Å². The molecule has 1 N–H and O–H groups in total. The third kappa shape index (κ3) is 5.42. The van der Waals surface area contributed by atoms with Crippen molar-refractivity contribution in [2.45, 2.75) is 30.7 Å². The van der Waals surface area contributed by atoms with Crippen LogP contribution < -0.4 is 9.46 Å². The highest BCUT2D eigenvalue weighted by molar-refractivity contribution is 7.89. The number of nitrogens with one attached hydrogen (secondary N) is 1. The topological polar surface area (TPSA) is 75.7 Å². The lowest BCUT2D eigenvalue weighted by Gasteiger charge is -2.32. The number of halogens is 2. The third-order valence-electron chi connectivity index (χ3n) is 4.72. The lowest BCUT2D eigenvalue weighted by atomic mass is 10.0. The Labute approximate surface area is 180 Å². The van der Waals surface area contributed by atoms with Gasteiger partial charge in [0.15, 0.2) is 0 Å². The van der Waals surface area contributed by atoms with Crippen LogP contribution in [0.25, 0.3) is 0 Å². The van der Waals surface area contributed by atoms with E-state index in [2.05, 4.69) is 4.72 Å². The molecule has 156 valence electrons. The van der Waals surface area contributed by atoms with Gasteiger partial charge in [0.25, 0.3) is 5.91 Å². The average molecular weight is 457 g/mol. The molecule has 1 fully saturated rings. The normalized spacial score (nSPS) is 15.3. The highest BCUT2D eigenvalue weighted by Crippen LogP contribution is 2.25. The largest absolute Gasteiger partial charge is 0.494 e. The van der Waals surface area contributed by atoms with Crippen molar-refractivity contribution in [2.24, 2.45) is 0 Å². The number of piperidine rings is 1. The van der Waals surface area contributed by atoms with E-state index in [9.17, 15) is 13.2 Å². The fourth-order valence-electron chi connectivity index (χ4n) is 3.17. The van der Waals surface area contributed by atoms with Crippen LogP contribution in [0.4, 0.5) is 0 Å². The molecular weight excluding hydrogens is 435 g/mol. The van der Waals surface area contributed by atoms with Crippen LogP contribution in [0.2, 0.25) is 10.0 Å². The molecule has 29 heavy (non-hydrogen) atoms. The van der Waals surface area contributed by atoms with E-state index in [4.69, 9.17) is 27.9 Å². The molecule has 2 aromatic rings. The Balaban J connectivity index is 1.58. The summed E-state index contributed by atoms with van der Waals surface area (Å²) in [6, 6.07) is 11.0. The van der Waals surface area contributed by atoms with Crippen molar-refractivity contribution in [3.05, 3.63) is 58.1 Å². The molecule has 6 nitrogen and oxygen atoms in total.